The van der Waals surface area contributed by atoms with Crippen LogP contribution in [0.2, 0.25) is 0 Å². The molecule has 1 aliphatic rings. The molecule has 0 amide bonds. The zero-order chi connectivity index (χ0) is 14.4. The van der Waals surface area contributed by atoms with Crippen molar-refractivity contribution in [1.82, 2.24) is 10.2 Å². The van der Waals surface area contributed by atoms with E-state index in [1.165, 1.54) is 32.2 Å². The molecule has 2 nitrogen and oxygen atoms in total. The van der Waals surface area contributed by atoms with Gasteiger partial charge in [0.25, 0.3) is 0 Å². The van der Waals surface area contributed by atoms with Gasteiger partial charge in [-0.05, 0) is 50.6 Å². The SMILES string of the molecule is CCNC1CCC(C(C)C)CC1N(C)CC(C)CC. The molecule has 0 aliphatic heterocycles. The summed E-state index contributed by atoms with van der Waals surface area (Å²) in [5, 5.41) is 3.72. The van der Waals surface area contributed by atoms with Gasteiger partial charge < -0.3 is 10.2 Å². The summed E-state index contributed by atoms with van der Waals surface area (Å²) in [6.45, 7) is 14.0. The molecule has 0 bridgehead atoms. The van der Waals surface area contributed by atoms with Crippen molar-refractivity contribution in [2.24, 2.45) is 17.8 Å². The van der Waals surface area contributed by atoms with Gasteiger partial charge in [-0.3, -0.25) is 0 Å². The van der Waals surface area contributed by atoms with E-state index in [0.717, 1.165) is 30.3 Å². The summed E-state index contributed by atoms with van der Waals surface area (Å²) in [5.41, 5.74) is 0. The Morgan fingerprint density at radius 3 is 2.37 bits per heavy atom. The highest BCUT2D eigenvalue weighted by molar-refractivity contribution is 4.91. The van der Waals surface area contributed by atoms with Gasteiger partial charge in [-0.25, -0.2) is 0 Å². The Hall–Kier alpha value is -0.0800. The lowest BCUT2D eigenvalue weighted by molar-refractivity contribution is 0.0925. The number of nitrogens with one attached hydrogen (secondary N) is 1. The third-order valence-electron chi connectivity index (χ3n) is 5.13. The molecule has 1 fully saturated rings. The minimum absolute atomic E-state index is 0.703. The largest absolute Gasteiger partial charge is 0.313 e. The zero-order valence-corrected chi connectivity index (χ0v) is 14.1. The molecule has 0 radical (unpaired) electrons. The molecular formula is C17H36N2. The predicted octanol–water partition coefficient (Wildman–Crippen LogP) is 3.77. The summed E-state index contributed by atoms with van der Waals surface area (Å²) in [7, 11) is 2.34. The van der Waals surface area contributed by atoms with Gasteiger partial charge in [0.1, 0.15) is 0 Å². The second-order valence-electron chi connectivity index (χ2n) is 7.00. The minimum atomic E-state index is 0.703. The fourth-order valence-corrected chi connectivity index (χ4v) is 3.53. The van der Waals surface area contributed by atoms with Crippen molar-refractivity contribution in [2.75, 3.05) is 20.1 Å². The van der Waals surface area contributed by atoms with Crippen LogP contribution in [0.25, 0.3) is 0 Å². The third kappa shape index (κ3) is 5.07. The Bertz CT molecular complexity index is 239. The maximum Gasteiger partial charge on any atom is 0.0249 e. The van der Waals surface area contributed by atoms with Crippen LogP contribution < -0.4 is 5.32 Å². The molecule has 114 valence electrons. The smallest absolute Gasteiger partial charge is 0.0249 e. The molecule has 0 saturated heterocycles. The van der Waals surface area contributed by atoms with Crippen LogP contribution in [-0.2, 0) is 0 Å². The number of rotatable bonds is 7. The molecule has 0 heterocycles. The normalized spacial score (nSPS) is 30.0. The predicted molar refractivity (Wildman–Crippen MR) is 85.5 cm³/mol. The quantitative estimate of drug-likeness (QED) is 0.756. The van der Waals surface area contributed by atoms with Crippen LogP contribution in [0.1, 0.15) is 60.3 Å². The molecule has 2 heteroatoms. The van der Waals surface area contributed by atoms with Gasteiger partial charge in [-0.1, -0.05) is 41.0 Å². The molecule has 0 spiro atoms. The average Bonchev–Trinajstić information content (AvgIpc) is 2.38. The fourth-order valence-electron chi connectivity index (χ4n) is 3.53. The summed E-state index contributed by atoms with van der Waals surface area (Å²) in [5.74, 6) is 2.56. The molecule has 0 aromatic carbocycles. The highest BCUT2D eigenvalue weighted by atomic mass is 15.2. The van der Waals surface area contributed by atoms with Gasteiger partial charge in [0.15, 0.2) is 0 Å². The zero-order valence-electron chi connectivity index (χ0n) is 14.1. The topological polar surface area (TPSA) is 15.3 Å². The van der Waals surface area contributed by atoms with Crippen LogP contribution in [0.4, 0.5) is 0 Å². The first-order chi connectivity index (χ1) is 8.99. The maximum atomic E-state index is 3.72. The number of hydrogen-bond acceptors (Lipinski definition) is 2. The van der Waals surface area contributed by atoms with Crippen LogP contribution in [0, 0.1) is 17.8 Å². The molecule has 1 rings (SSSR count). The van der Waals surface area contributed by atoms with Crippen molar-refractivity contribution in [3.63, 3.8) is 0 Å². The standard InChI is InChI=1S/C17H36N2/c1-7-14(5)12-19(6)17-11-15(13(3)4)9-10-16(17)18-8-2/h13-18H,7-12H2,1-6H3. The Morgan fingerprint density at radius 1 is 1.16 bits per heavy atom. The summed E-state index contributed by atoms with van der Waals surface area (Å²) >= 11 is 0. The first-order valence-electron chi connectivity index (χ1n) is 8.43. The highest BCUT2D eigenvalue weighted by Gasteiger charge is 2.33. The van der Waals surface area contributed by atoms with Crippen molar-refractivity contribution in [2.45, 2.75) is 72.4 Å². The molecule has 1 aliphatic carbocycles. The molecule has 1 N–H and O–H groups in total. The van der Waals surface area contributed by atoms with E-state index in [0.29, 0.717) is 6.04 Å². The summed E-state index contributed by atoms with van der Waals surface area (Å²) in [6.07, 6.45) is 5.42. The molecular weight excluding hydrogens is 232 g/mol. The average molecular weight is 268 g/mol. The van der Waals surface area contributed by atoms with Gasteiger partial charge in [-0.15, -0.1) is 0 Å². The van der Waals surface area contributed by atoms with Gasteiger partial charge in [0, 0.05) is 18.6 Å². The Kier molecular flexibility index (Phi) is 7.38. The van der Waals surface area contributed by atoms with Crippen molar-refractivity contribution in [3.8, 4) is 0 Å². The Morgan fingerprint density at radius 2 is 1.84 bits per heavy atom. The molecule has 0 aromatic heterocycles. The van der Waals surface area contributed by atoms with Crippen LogP contribution in [0.15, 0.2) is 0 Å². The molecule has 4 unspecified atom stereocenters. The fraction of sp³-hybridized carbons (Fsp3) is 1.00. The first-order valence-corrected chi connectivity index (χ1v) is 8.43. The first kappa shape index (κ1) is 17.0. The number of hydrogen-bond donors (Lipinski definition) is 1. The Balaban J connectivity index is 2.64. The lowest BCUT2D eigenvalue weighted by Crippen LogP contribution is -2.53. The summed E-state index contributed by atoms with van der Waals surface area (Å²) in [4.78, 5) is 2.63. The summed E-state index contributed by atoms with van der Waals surface area (Å²) in [6, 6.07) is 1.43. The van der Waals surface area contributed by atoms with Gasteiger partial charge in [-0.2, -0.15) is 0 Å². The van der Waals surface area contributed by atoms with E-state index in [1.807, 2.05) is 0 Å². The monoisotopic (exact) mass is 268 g/mol. The molecule has 19 heavy (non-hydrogen) atoms. The number of likely N-dealkylation sites (N-methyl/N-ethyl adjacent to an activating group) is 2. The van der Waals surface area contributed by atoms with E-state index in [2.05, 4.69) is 51.9 Å². The van der Waals surface area contributed by atoms with Crippen LogP contribution in [0.3, 0.4) is 0 Å². The highest BCUT2D eigenvalue weighted by Crippen LogP contribution is 2.32. The van der Waals surface area contributed by atoms with E-state index in [9.17, 15) is 0 Å². The lowest BCUT2D eigenvalue weighted by Gasteiger charge is -2.43. The van der Waals surface area contributed by atoms with E-state index in [1.54, 1.807) is 0 Å². The summed E-state index contributed by atoms with van der Waals surface area (Å²) < 4.78 is 0. The van der Waals surface area contributed by atoms with E-state index in [-0.39, 0.29) is 0 Å². The maximum absolute atomic E-state index is 3.72. The second kappa shape index (κ2) is 8.26. The van der Waals surface area contributed by atoms with Crippen molar-refractivity contribution in [3.05, 3.63) is 0 Å². The van der Waals surface area contributed by atoms with E-state index in [4.69, 9.17) is 0 Å². The minimum Gasteiger partial charge on any atom is -0.313 e. The molecule has 1 saturated carbocycles. The van der Waals surface area contributed by atoms with E-state index < -0.39 is 0 Å². The van der Waals surface area contributed by atoms with Gasteiger partial charge in [0.2, 0.25) is 0 Å². The van der Waals surface area contributed by atoms with Crippen molar-refractivity contribution >= 4 is 0 Å². The van der Waals surface area contributed by atoms with Gasteiger partial charge >= 0.3 is 0 Å². The van der Waals surface area contributed by atoms with E-state index >= 15 is 0 Å². The van der Waals surface area contributed by atoms with Crippen molar-refractivity contribution < 1.29 is 0 Å². The Labute approximate surface area is 121 Å². The van der Waals surface area contributed by atoms with Crippen LogP contribution in [0.5, 0.6) is 0 Å². The second-order valence-corrected chi connectivity index (χ2v) is 7.00. The lowest BCUT2D eigenvalue weighted by atomic mass is 9.76. The van der Waals surface area contributed by atoms with Crippen LogP contribution >= 0.6 is 0 Å². The van der Waals surface area contributed by atoms with Gasteiger partial charge in [0.05, 0.1) is 0 Å². The molecule has 0 aromatic rings. The number of nitrogens with zero attached hydrogens (tertiary/aromatic N) is 1. The van der Waals surface area contributed by atoms with Crippen LogP contribution in [-0.4, -0.2) is 37.1 Å². The van der Waals surface area contributed by atoms with Crippen molar-refractivity contribution in [1.29, 1.82) is 0 Å². The third-order valence-corrected chi connectivity index (χ3v) is 5.13. The molecule has 4 atom stereocenters.